The lowest BCUT2D eigenvalue weighted by Crippen LogP contribution is -2.55. The lowest BCUT2D eigenvalue weighted by atomic mass is 9.93. The van der Waals surface area contributed by atoms with Gasteiger partial charge in [-0.2, -0.15) is 0 Å². The van der Waals surface area contributed by atoms with Gasteiger partial charge in [0.2, 0.25) is 5.96 Å². The molecule has 1 saturated heterocycles. The van der Waals surface area contributed by atoms with Gasteiger partial charge in [0.25, 0.3) is 0 Å². The molecule has 1 rings (SSSR count). The number of aliphatic imine (C=N–C) groups is 1. The van der Waals surface area contributed by atoms with Crippen molar-refractivity contribution in [3.8, 4) is 0 Å². The molecular weight excluding hydrogens is 204 g/mol. The van der Waals surface area contributed by atoms with Crippen molar-refractivity contribution in [1.29, 1.82) is 0 Å². The van der Waals surface area contributed by atoms with Gasteiger partial charge in [0.05, 0.1) is 0 Å². The number of hydrazine groups is 1. The molecule has 94 valence electrons. The first-order valence-corrected chi connectivity index (χ1v) is 5.93. The summed E-state index contributed by atoms with van der Waals surface area (Å²) in [5.41, 5.74) is 2.67. The maximum absolute atomic E-state index is 5.46. The molecule has 1 aliphatic rings. The van der Waals surface area contributed by atoms with Crippen molar-refractivity contribution < 1.29 is 4.74 Å². The van der Waals surface area contributed by atoms with Crippen molar-refractivity contribution in [2.45, 2.75) is 39.2 Å². The first-order valence-electron chi connectivity index (χ1n) is 5.93. The Hall–Kier alpha value is -0.810. The van der Waals surface area contributed by atoms with E-state index in [1.807, 2.05) is 0 Å². The van der Waals surface area contributed by atoms with E-state index in [-0.39, 0.29) is 5.54 Å². The molecule has 0 radical (unpaired) electrons. The minimum Gasteiger partial charge on any atom is -0.381 e. The van der Waals surface area contributed by atoms with Crippen LogP contribution in [-0.2, 0) is 4.74 Å². The molecule has 1 aliphatic heterocycles. The monoisotopic (exact) mass is 228 g/mol. The second-order valence-electron chi connectivity index (χ2n) is 5.03. The van der Waals surface area contributed by atoms with Crippen LogP contribution in [0, 0.1) is 5.92 Å². The van der Waals surface area contributed by atoms with Crippen LogP contribution in [0.25, 0.3) is 0 Å². The molecule has 1 fully saturated rings. The topological polar surface area (TPSA) is 71.7 Å². The van der Waals surface area contributed by atoms with Gasteiger partial charge in [-0.1, -0.05) is 13.8 Å². The average molecular weight is 228 g/mol. The van der Waals surface area contributed by atoms with Crippen LogP contribution in [-0.4, -0.2) is 31.3 Å². The third-order valence-corrected chi connectivity index (χ3v) is 2.77. The third-order valence-electron chi connectivity index (χ3n) is 2.77. The van der Waals surface area contributed by atoms with Crippen LogP contribution < -0.4 is 16.6 Å². The van der Waals surface area contributed by atoms with Gasteiger partial charge < -0.3 is 10.1 Å². The van der Waals surface area contributed by atoms with Crippen LogP contribution in [0.1, 0.15) is 33.6 Å². The smallest absolute Gasteiger partial charge is 0.206 e. The van der Waals surface area contributed by atoms with Gasteiger partial charge in [-0.15, -0.1) is 0 Å². The number of nitrogens with zero attached hydrogens (tertiary/aromatic N) is 1. The summed E-state index contributed by atoms with van der Waals surface area (Å²) in [5.74, 6) is 6.67. The van der Waals surface area contributed by atoms with E-state index in [0.717, 1.165) is 32.6 Å². The molecule has 0 spiro atoms. The number of nitrogens with one attached hydrogen (secondary N) is 2. The van der Waals surface area contributed by atoms with Crippen molar-refractivity contribution in [3.05, 3.63) is 0 Å². The Morgan fingerprint density at radius 1 is 1.44 bits per heavy atom. The first-order chi connectivity index (χ1) is 7.56. The van der Waals surface area contributed by atoms with Gasteiger partial charge in [0.15, 0.2) is 0 Å². The third kappa shape index (κ3) is 4.37. The normalized spacial score (nSPS) is 20.9. The molecule has 16 heavy (non-hydrogen) atoms. The van der Waals surface area contributed by atoms with Crippen LogP contribution in [0.3, 0.4) is 0 Å². The Labute approximate surface area is 97.8 Å². The number of hydrogen-bond donors (Lipinski definition) is 3. The molecule has 0 saturated carbocycles. The van der Waals surface area contributed by atoms with Gasteiger partial charge in [0, 0.05) is 25.3 Å². The minimum atomic E-state index is 0.0421. The Morgan fingerprint density at radius 3 is 2.56 bits per heavy atom. The maximum atomic E-state index is 5.46. The van der Waals surface area contributed by atoms with Crippen LogP contribution in [0.5, 0.6) is 0 Å². The zero-order valence-corrected chi connectivity index (χ0v) is 10.5. The molecule has 5 heteroatoms. The molecule has 0 aromatic heterocycles. The van der Waals surface area contributed by atoms with Crippen molar-refractivity contribution in [3.63, 3.8) is 0 Å². The fourth-order valence-corrected chi connectivity index (χ4v) is 1.63. The molecule has 0 atom stereocenters. The van der Waals surface area contributed by atoms with E-state index in [1.165, 1.54) is 0 Å². The van der Waals surface area contributed by atoms with Gasteiger partial charge in [-0.3, -0.25) is 10.4 Å². The van der Waals surface area contributed by atoms with Gasteiger partial charge in [0.1, 0.15) is 0 Å². The van der Waals surface area contributed by atoms with Crippen LogP contribution in [0.2, 0.25) is 0 Å². The van der Waals surface area contributed by atoms with E-state index in [9.17, 15) is 0 Å². The van der Waals surface area contributed by atoms with Crippen molar-refractivity contribution in [2.75, 3.05) is 19.8 Å². The summed E-state index contributed by atoms with van der Waals surface area (Å²) < 4.78 is 5.35. The first kappa shape index (κ1) is 13.3. The van der Waals surface area contributed by atoms with Gasteiger partial charge >= 0.3 is 0 Å². The Morgan fingerprint density at radius 2 is 2.06 bits per heavy atom. The molecule has 0 amide bonds. The highest BCUT2D eigenvalue weighted by Gasteiger charge is 2.27. The quantitative estimate of drug-likeness (QED) is 0.287. The molecular formula is C11H24N4O. The Kier molecular flexibility index (Phi) is 5.02. The number of nitrogens with two attached hydrogens (primary N) is 1. The van der Waals surface area contributed by atoms with E-state index in [1.54, 1.807) is 0 Å². The maximum Gasteiger partial charge on any atom is 0.206 e. The Bertz CT molecular complexity index is 234. The van der Waals surface area contributed by atoms with Crippen LogP contribution >= 0.6 is 0 Å². The highest BCUT2D eigenvalue weighted by molar-refractivity contribution is 5.79. The summed E-state index contributed by atoms with van der Waals surface area (Å²) in [6.07, 6.45) is 1.96. The predicted molar refractivity (Wildman–Crippen MR) is 66.1 cm³/mol. The fraction of sp³-hybridized carbons (Fsp3) is 0.909. The number of rotatable bonds is 3. The van der Waals surface area contributed by atoms with E-state index in [4.69, 9.17) is 10.6 Å². The zero-order valence-electron chi connectivity index (χ0n) is 10.5. The SMILES string of the molecule is CC(C)CN=C(NN)NC1(C)CCOCC1. The second-order valence-corrected chi connectivity index (χ2v) is 5.03. The van der Waals surface area contributed by atoms with E-state index in [0.29, 0.717) is 11.9 Å². The molecule has 0 unspecified atom stereocenters. The van der Waals surface area contributed by atoms with E-state index >= 15 is 0 Å². The predicted octanol–water partition coefficient (Wildman–Crippen LogP) is 0.620. The highest BCUT2D eigenvalue weighted by Crippen LogP contribution is 2.19. The van der Waals surface area contributed by atoms with Crippen molar-refractivity contribution >= 4 is 5.96 Å². The number of hydrogen-bond acceptors (Lipinski definition) is 3. The summed E-state index contributed by atoms with van der Waals surface area (Å²) in [5, 5.41) is 3.37. The van der Waals surface area contributed by atoms with E-state index < -0.39 is 0 Å². The molecule has 4 N–H and O–H groups in total. The fourth-order valence-electron chi connectivity index (χ4n) is 1.63. The molecule has 0 bridgehead atoms. The van der Waals surface area contributed by atoms with Crippen LogP contribution in [0.15, 0.2) is 4.99 Å². The lowest BCUT2D eigenvalue weighted by Gasteiger charge is -2.35. The second kappa shape index (κ2) is 6.06. The zero-order chi connectivity index (χ0) is 12.0. The number of guanidine groups is 1. The van der Waals surface area contributed by atoms with Gasteiger partial charge in [-0.05, 0) is 25.7 Å². The van der Waals surface area contributed by atoms with Gasteiger partial charge in [-0.25, -0.2) is 5.84 Å². The standard InChI is InChI=1S/C11H24N4O/c1-9(2)8-13-10(15-12)14-11(3)4-6-16-7-5-11/h9H,4-8,12H2,1-3H3,(H2,13,14,15). The number of ether oxygens (including phenoxy) is 1. The molecule has 0 aromatic rings. The van der Waals surface area contributed by atoms with Crippen molar-refractivity contribution in [1.82, 2.24) is 10.7 Å². The molecule has 1 heterocycles. The van der Waals surface area contributed by atoms with Crippen LogP contribution in [0.4, 0.5) is 0 Å². The Balaban J connectivity index is 2.50. The molecule has 5 nitrogen and oxygen atoms in total. The molecule has 0 aliphatic carbocycles. The summed E-state index contributed by atoms with van der Waals surface area (Å²) in [6.45, 7) is 8.82. The summed E-state index contributed by atoms with van der Waals surface area (Å²) in [7, 11) is 0. The van der Waals surface area contributed by atoms with Crippen molar-refractivity contribution in [2.24, 2.45) is 16.8 Å². The minimum absolute atomic E-state index is 0.0421. The lowest BCUT2D eigenvalue weighted by molar-refractivity contribution is 0.0521. The van der Waals surface area contributed by atoms with E-state index in [2.05, 4.69) is 36.5 Å². The highest BCUT2D eigenvalue weighted by atomic mass is 16.5. The summed E-state index contributed by atoms with van der Waals surface area (Å²) >= 11 is 0. The summed E-state index contributed by atoms with van der Waals surface area (Å²) in [6, 6.07) is 0. The molecule has 0 aromatic carbocycles. The summed E-state index contributed by atoms with van der Waals surface area (Å²) in [4.78, 5) is 4.41. The average Bonchev–Trinajstić information content (AvgIpc) is 2.25. The largest absolute Gasteiger partial charge is 0.381 e.